The van der Waals surface area contributed by atoms with Gasteiger partial charge in [-0.2, -0.15) is 0 Å². The number of nitrogens with one attached hydrogen (secondary N) is 1. The molecule has 2 aromatic carbocycles. The quantitative estimate of drug-likeness (QED) is 0.522. The fourth-order valence-electron chi connectivity index (χ4n) is 4.18. The van der Waals surface area contributed by atoms with Crippen LogP contribution in [0.1, 0.15) is 37.1 Å². The molecule has 34 heavy (non-hydrogen) atoms. The van der Waals surface area contributed by atoms with Crippen molar-refractivity contribution in [1.82, 2.24) is 15.2 Å². The molecule has 1 fully saturated rings. The van der Waals surface area contributed by atoms with Crippen LogP contribution in [0.5, 0.6) is 5.75 Å². The molecule has 0 bridgehead atoms. The lowest BCUT2D eigenvalue weighted by atomic mass is 9.79. The lowest BCUT2D eigenvalue weighted by molar-refractivity contribution is -0.133. The molecule has 178 valence electrons. The van der Waals surface area contributed by atoms with Crippen molar-refractivity contribution in [1.29, 1.82) is 0 Å². The first kappa shape index (κ1) is 23.8. The first-order valence-corrected chi connectivity index (χ1v) is 11.5. The van der Waals surface area contributed by atoms with Gasteiger partial charge in [-0.25, -0.2) is 8.78 Å². The monoisotopic (exact) mass is 465 g/mol. The second kappa shape index (κ2) is 10.7. The molecule has 5 nitrogen and oxygen atoms in total. The molecule has 2 heterocycles. The van der Waals surface area contributed by atoms with Crippen molar-refractivity contribution in [3.05, 3.63) is 95.8 Å². The largest absolute Gasteiger partial charge is 0.489 e. The molecule has 4 rings (SSSR count). The van der Waals surface area contributed by atoms with Crippen LogP contribution in [0.2, 0.25) is 0 Å². The fraction of sp³-hybridized carbons (Fsp3) is 0.333. The Morgan fingerprint density at radius 1 is 1.06 bits per heavy atom. The Balaban J connectivity index is 1.35. The summed E-state index contributed by atoms with van der Waals surface area (Å²) in [7, 11) is 0. The summed E-state index contributed by atoms with van der Waals surface area (Å²) in [6.07, 6.45) is 3.06. The number of piperidine rings is 1. The highest BCUT2D eigenvalue weighted by Crippen LogP contribution is 2.33. The van der Waals surface area contributed by atoms with Crippen LogP contribution < -0.4 is 10.1 Å². The summed E-state index contributed by atoms with van der Waals surface area (Å²) in [6.45, 7) is 4.52. The topological polar surface area (TPSA) is 54.5 Å². The van der Waals surface area contributed by atoms with Crippen LogP contribution in [0, 0.1) is 17.0 Å². The summed E-state index contributed by atoms with van der Waals surface area (Å²) in [5.41, 5.74) is 0.948. The third kappa shape index (κ3) is 5.78. The van der Waals surface area contributed by atoms with E-state index in [0.717, 1.165) is 18.7 Å². The zero-order chi connectivity index (χ0) is 24.0. The lowest BCUT2D eigenvalue weighted by Crippen LogP contribution is -2.48. The molecule has 3 aromatic rings. The number of aromatic nitrogens is 1. The Labute approximate surface area is 198 Å². The highest BCUT2D eigenvalue weighted by atomic mass is 19.1. The highest BCUT2D eigenvalue weighted by molar-refractivity contribution is 5.83. The van der Waals surface area contributed by atoms with Crippen LogP contribution in [0.3, 0.4) is 0 Å². The minimum Gasteiger partial charge on any atom is -0.489 e. The van der Waals surface area contributed by atoms with Crippen molar-refractivity contribution in [2.75, 3.05) is 26.2 Å². The number of nitrogens with zero attached hydrogens (tertiary/aromatic N) is 2. The predicted octanol–water partition coefficient (Wildman–Crippen LogP) is 4.75. The fourth-order valence-corrected chi connectivity index (χ4v) is 4.18. The average Bonchev–Trinajstić information content (AvgIpc) is 2.86. The number of carbonyl (C=O) groups is 1. The zero-order valence-electron chi connectivity index (χ0n) is 19.2. The lowest BCUT2D eigenvalue weighted by Gasteiger charge is -2.39. The number of rotatable bonds is 8. The van der Waals surface area contributed by atoms with Gasteiger partial charge in [0.2, 0.25) is 5.91 Å². The van der Waals surface area contributed by atoms with Gasteiger partial charge in [-0.05, 0) is 67.9 Å². The highest BCUT2D eigenvalue weighted by Gasteiger charge is 2.38. The SMILES string of the molecule is CC1(C(=O)N[C@H](c2ccc(F)cc2)c2ccccn2)CCN(CCOc2ccccc2F)CC1. The Bertz CT molecular complexity index is 1080. The standard InChI is InChI=1S/C27H29F2N3O2/c1-27(13-16-32(17-14-27)18-19-34-24-8-3-2-6-22(24)29)26(33)31-25(23-7-4-5-15-30-23)20-9-11-21(28)12-10-20/h2-12,15,25H,13-14,16-19H2,1H3,(H,31,33)/t25-/m1/s1. The number of pyridine rings is 1. The van der Waals surface area contributed by atoms with Gasteiger partial charge in [-0.15, -0.1) is 0 Å². The second-order valence-electron chi connectivity index (χ2n) is 8.89. The van der Waals surface area contributed by atoms with Crippen LogP contribution in [0.25, 0.3) is 0 Å². The van der Waals surface area contributed by atoms with E-state index >= 15 is 0 Å². The van der Waals surface area contributed by atoms with Crippen molar-refractivity contribution < 1.29 is 18.3 Å². The van der Waals surface area contributed by atoms with Crippen molar-refractivity contribution in [3.63, 3.8) is 0 Å². The molecular formula is C27H29F2N3O2. The van der Waals surface area contributed by atoms with E-state index in [2.05, 4.69) is 15.2 Å². The molecule has 1 aromatic heterocycles. The number of likely N-dealkylation sites (tertiary alicyclic amines) is 1. The van der Waals surface area contributed by atoms with Crippen molar-refractivity contribution in [2.45, 2.75) is 25.8 Å². The van der Waals surface area contributed by atoms with E-state index in [0.29, 0.717) is 31.7 Å². The third-order valence-corrected chi connectivity index (χ3v) is 6.47. The maximum absolute atomic E-state index is 13.7. The number of ether oxygens (including phenoxy) is 1. The van der Waals surface area contributed by atoms with Gasteiger partial charge in [-0.3, -0.25) is 14.7 Å². The van der Waals surface area contributed by atoms with Crippen LogP contribution in [-0.2, 0) is 4.79 Å². The van der Waals surface area contributed by atoms with Crippen molar-refractivity contribution in [3.8, 4) is 5.75 Å². The number of carbonyl (C=O) groups excluding carboxylic acids is 1. The van der Waals surface area contributed by atoms with Gasteiger partial charge in [0.25, 0.3) is 0 Å². The van der Waals surface area contributed by atoms with E-state index in [9.17, 15) is 13.6 Å². The van der Waals surface area contributed by atoms with Crippen molar-refractivity contribution >= 4 is 5.91 Å². The Kier molecular flexibility index (Phi) is 7.53. The van der Waals surface area contributed by atoms with E-state index < -0.39 is 11.5 Å². The number of hydrogen-bond acceptors (Lipinski definition) is 4. The molecule has 0 unspecified atom stereocenters. The normalized spacial score (nSPS) is 16.6. The van der Waals surface area contributed by atoms with Crippen LogP contribution in [-0.4, -0.2) is 42.0 Å². The van der Waals surface area contributed by atoms with Crippen molar-refractivity contribution in [2.24, 2.45) is 5.41 Å². The molecule has 1 aliphatic rings. The summed E-state index contributed by atoms with van der Waals surface area (Å²) in [4.78, 5) is 20.0. The Hall–Kier alpha value is -3.32. The first-order valence-electron chi connectivity index (χ1n) is 11.5. The van der Waals surface area contributed by atoms with Gasteiger partial charge >= 0.3 is 0 Å². The van der Waals surface area contributed by atoms with E-state index in [1.165, 1.54) is 18.2 Å². The second-order valence-corrected chi connectivity index (χ2v) is 8.89. The van der Waals surface area contributed by atoms with Gasteiger partial charge in [0.05, 0.1) is 11.7 Å². The number of hydrogen-bond donors (Lipinski definition) is 1. The smallest absolute Gasteiger partial charge is 0.226 e. The minimum atomic E-state index is -0.532. The van der Waals surface area contributed by atoms with Gasteiger partial charge in [0.15, 0.2) is 11.6 Å². The van der Waals surface area contributed by atoms with E-state index in [1.807, 2.05) is 25.1 Å². The van der Waals surface area contributed by atoms with E-state index in [4.69, 9.17) is 4.74 Å². The summed E-state index contributed by atoms with van der Waals surface area (Å²) < 4.78 is 32.8. The van der Waals surface area contributed by atoms with E-state index in [1.54, 1.807) is 36.5 Å². The zero-order valence-corrected chi connectivity index (χ0v) is 19.2. The molecule has 0 saturated carbocycles. The number of amides is 1. The van der Waals surface area contributed by atoms with Crippen LogP contribution in [0.15, 0.2) is 72.9 Å². The molecule has 1 amide bonds. The van der Waals surface area contributed by atoms with Crippen LogP contribution >= 0.6 is 0 Å². The molecule has 0 radical (unpaired) electrons. The molecule has 1 N–H and O–H groups in total. The van der Waals surface area contributed by atoms with Gasteiger partial charge in [-0.1, -0.05) is 37.3 Å². The molecular weight excluding hydrogens is 436 g/mol. The average molecular weight is 466 g/mol. The molecule has 1 aliphatic heterocycles. The predicted molar refractivity (Wildman–Crippen MR) is 126 cm³/mol. The van der Waals surface area contributed by atoms with Crippen LogP contribution in [0.4, 0.5) is 8.78 Å². The molecule has 1 saturated heterocycles. The number of benzene rings is 2. The summed E-state index contributed by atoms with van der Waals surface area (Å²) in [5.74, 6) is -0.484. The molecule has 0 aliphatic carbocycles. The van der Waals surface area contributed by atoms with Gasteiger partial charge in [0, 0.05) is 18.2 Å². The molecule has 1 atom stereocenters. The number of halogens is 2. The maximum atomic E-state index is 13.7. The molecule has 0 spiro atoms. The summed E-state index contributed by atoms with van der Waals surface area (Å²) in [6, 6.07) is 17.6. The Morgan fingerprint density at radius 3 is 2.44 bits per heavy atom. The Morgan fingerprint density at radius 2 is 1.76 bits per heavy atom. The maximum Gasteiger partial charge on any atom is 0.226 e. The minimum absolute atomic E-state index is 0.0465. The van der Waals surface area contributed by atoms with Gasteiger partial charge in [0.1, 0.15) is 12.4 Å². The first-order chi connectivity index (χ1) is 16.4. The summed E-state index contributed by atoms with van der Waals surface area (Å²) in [5, 5.41) is 3.16. The number of para-hydroxylation sites is 1. The molecule has 7 heteroatoms. The van der Waals surface area contributed by atoms with E-state index in [-0.39, 0.29) is 23.3 Å². The van der Waals surface area contributed by atoms with Gasteiger partial charge < -0.3 is 10.1 Å². The third-order valence-electron chi connectivity index (χ3n) is 6.47. The summed E-state index contributed by atoms with van der Waals surface area (Å²) >= 11 is 0.